The Labute approximate surface area is 75.5 Å². The van der Waals surface area contributed by atoms with Crippen molar-refractivity contribution < 1.29 is 4.79 Å². The van der Waals surface area contributed by atoms with E-state index in [4.69, 9.17) is 0 Å². The summed E-state index contributed by atoms with van der Waals surface area (Å²) in [7, 11) is 0. The predicted molar refractivity (Wildman–Crippen MR) is 51.0 cm³/mol. The lowest BCUT2D eigenvalue weighted by atomic mass is 9.97. The molecule has 12 heavy (non-hydrogen) atoms. The highest BCUT2D eigenvalue weighted by Crippen LogP contribution is 2.31. The smallest absolute Gasteiger partial charge is 0.135 e. The summed E-state index contributed by atoms with van der Waals surface area (Å²) in [5.41, 5.74) is 0. The van der Waals surface area contributed by atoms with Crippen LogP contribution in [0, 0.1) is 11.8 Å². The molecule has 0 bridgehead atoms. The lowest BCUT2D eigenvalue weighted by Gasteiger charge is -2.06. The summed E-state index contributed by atoms with van der Waals surface area (Å²) in [5, 5.41) is 0. The molecule has 1 aliphatic carbocycles. The third-order valence-corrected chi connectivity index (χ3v) is 2.93. The zero-order valence-corrected chi connectivity index (χ0v) is 8.31. The monoisotopic (exact) mass is 168 g/mol. The van der Waals surface area contributed by atoms with Gasteiger partial charge in [0.25, 0.3) is 0 Å². The minimum Gasteiger partial charge on any atom is -0.299 e. The number of rotatable bonds is 4. The lowest BCUT2D eigenvalue weighted by Crippen LogP contribution is -2.10. The maximum Gasteiger partial charge on any atom is 0.135 e. The van der Waals surface area contributed by atoms with Gasteiger partial charge in [-0.2, -0.15) is 0 Å². The topological polar surface area (TPSA) is 17.1 Å². The van der Waals surface area contributed by atoms with Gasteiger partial charge in [-0.15, -0.1) is 0 Å². The highest BCUT2D eigenvalue weighted by atomic mass is 16.1. The summed E-state index contributed by atoms with van der Waals surface area (Å²) in [6.45, 7) is 4.40. The van der Waals surface area contributed by atoms with Crippen LogP contribution in [0.5, 0.6) is 0 Å². The molecule has 1 saturated carbocycles. The third kappa shape index (κ3) is 2.62. The van der Waals surface area contributed by atoms with Crippen LogP contribution in [0.25, 0.3) is 0 Å². The third-order valence-electron chi connectivity index (χ3n) is 2.93. The van der Waals surface area contributed by atoms with Crippen LogP contribution < -0.4 is 0 Å². The molecule has 2 atom stereocenters. The van der Waals surface area contributed by atoms with E-state index < -0.39 is 0 Å². The lowest BCUT2D eigenvalue weighted by molar-refractivity contribution is -0.122. The van der Waals surface area contributed by atoms with Crippen molar-refractivity contribution in [3.63, 3.8) is 0 Å². The number of hydrogen-bond acceptors (Lipinski definition) is 1. The number of ketones is 1. The maximum atomic E-state index is 11.5. The molecule has 1 nitrogen and oxygen atoms in total. The highest BCUT2D eigenvalue weighted by Gasteiger charge is 2.26. The van der Waals surface area contributed by atoms with Crippen molar-refractivity contribution in [2.75, 3.05) is 0 Å². The van der Waals surface area contributed by atoms with Crippen LogP contribution in [0.15, 0.2) is 0 Å². The van der Waals surface area contributed by atoms with Crippen LogP contribution >= 0.6 is 0 Å². The summed E-state index contributed by atoms with van der Waals surface area (Å²) < 4.78 is 0. The Hall–Kier alpha value is -0.330. The first-order valence-electron chi connectivity index (χ1n) is 5.26. The van der Waals surface area contributed by atoms with Gasteiger partial charge in [0.05, 0.1) is 0 Å². The molecule has 1 heteroatoms. The summed E-state index contributed by atoms with van der Waals surface area (Å²) >= 11 is 0. The molecule has 0 saturated heterocycles. The van der Waals surface area contributed by atoms with Crippen molar-refractivity contribution in [1.82, 2.24) is 0 Å². The number of hydrogen-bond donors (Lipinski definition) is 0. The molecule has 1 rings (SSSR count). The van der Waals surface area contributed by atoms with Gasteiger partial charge in [0.1, 0.15) is 5.78 Å². The number of unbranched alkanes of at least 4 members (excludes halogenated alkanes) is 1. The van der Waals surface area contributed by atoms with Gasteiger partial charge in [-0.1, -0.05) is 20.3 Å². The largest absolute Gasteiger partial charge is 0.299 e. The first-order chi connectivity index (χ1) is 5.74. The van der Waals surface area contributed by atoms with E-state index >= 15 is 0 Å². The van der Waals surface area contributed by atoms with Crippen molar-refractivity contribution >= 4 is 5.78 Å². The average molecular weight is 168 g/mol. The standard InChI is InChI=1S/C11H20O/c1-3-4-5-11(12)10-7-6-9(2)8-10/h9-10H,3-8H2,1-2H3. The Morgan fingerprint density at radius 2 is 2.17 bits per heavy atom. The molecule has 0 heterocycles. The van der Waals surface area contributed by atoms with E-state index in [1.54, 1.807) is 0 Å². The van der Waals surface area contributed by atoms with Crippen LogP contribution in [-0.4, -0.2) is 5.78 Å². The summed E-state index contributed by atoms with van der Waals surface area (Å²) in [5.74, 6) is 1.74. The maximum absolute atomic E-state index is 11.5. The van der Waals surface area contributed by atoms with Crippen molar-refractivity contribution in [2.45, 2.75) is 52.4 Å². The minimum absolute atomic E-state index is 0.423. The number of carbonyl (C=O) groups excluding carboxylic acids is 1. The van der Waals surface area contributed by atoms with E-state index in [1.807, 2.05) is 0 Å². The fourth-order valence-corrected chi connectivity index (χ4v) is 2.05. The van der Waals surface area contributed by atoms with Crippen LogP contribution in [0.4, 0.5) is 0 Å². The summed E-state index contributed by atoms with van der Waals surface area (Å²) in [4.78, 5) is 11.5. The molecule has 0 amide bonds. The molecular weight excluding hydrogens is 148 g/mol. The summed E-state index contributed by atoms with van der Waals surface area (Å²) in [6.07, 6.45) is 6.64. The van der Waals surface area contributed by atoms with Crippen LogP contribution in [0.3, 0.4) is 0 Å². The molecule has 0 aromatic heterocycles. The second-order valence-electron chi connectivity index (χ2n) is 4.19. The van der Waals surface area contributed by atoms with Gasteiger partial charge in [-0.05, 0) is 31.6 Å². The zero-order chi connectivity index (χ0) is 8.97. The van der Waals surface area contributed by atoms with Crippen molar-refractivity contribution in [2.24, 2.45) is 11.8 Å². The quantitative estimate of drug-likeness (QED) is 0.630. The van der Waals surface area contributed by atoms with Gasteiger partial charge in [-0.25, -0.2) is 0 Å². The van der Waals surface area contributed by atoms with E-state index in [0.29, 0.717) is 11.7 Å². The normalized spacial score (nSPS) is 29.2. The molecule has 0 aromatic rings. The first kappa shape index (κ1) is 9.76. The Balaban J connectivity index is 2.23. The average Bonchev–Trinajstić information content (AvgIpc) is 2.47. The Bertz CT molecular complexity index is 151. The second kappa shape index (κ2) is 4.64. The van der Waals surface area contributed by atoms with Crippen LogP contribution in [0.1, 0.15) is 52.4 Å². The Kier molecular flexibility index (Phi) is 3.77. The highest BCUT2D eigenvalue weighted by molar-refractivity contribution is 5.81. The Morgan fingerprint density at radius 1 is 1.42 bits per heavy atom. The molecule has 0 aromatic carbocycles. The molecule has 1 aliphatic rings. The van der Waals surface area contributed by atoms with E-state index in [2.05, 4.69) is 13.8 Å². The van der Waals surface area contributed by atoms with Gasteiger partial charge in [0.2, 0.25) is 0 Å². The second-order valence-corrected chi connectivity index (χ2v) is 4.19. The fraction of sp³-hybridized carbons (Fsp3) is 0.909. The zero-order valence-electron chi connectivity index (χ0n) is 8.31. The number of carbonyl (C=O) groups is 1. The molecule has 0 aliphatic heterocycles. The van der Waals surface area contributed by atoms with Crippen LogP contribution in [-0.2, 0) is 4.79 Å². The minimum atomic E-state index is 0.423. The van der Waals surface area contributed by atoms with Gasteiger partial charge in [-0.3, -0.25) is 4.79 Å². The van der Waals surface area contributed by atoms with Crippen molar-refractivity contribution in [3.05, 3.63) is 0 Å². The molecule has 2 unspecified atom stereocenters. The van der Waals surface area contributed by atoms with Crippen LogP contribution in [0.2, 0.25) is 0 Å². The van der Waals surface area contributed by atoms with Gasteiger partial charge < -0.3 is 0 Å². The molecule has 70 valence electrons. The number of Topliss-reactive ketones (excluding diaryl/α,β-unsaturated/α-hetero) is 1. The van der Waals surface area contributed by atoms with Crippen molar-refractivity contribution in [1.29, 1.82) is 0 Å². The Morgan fingerprint density at radius 3 is 2.67 bits per heavy atom. The van der Waals surface area contributed by atoms with E-state index in [9.17, 15) is 4.79 Å². The molecule has 1 fully saturated rings. The predicted octanol–water partition coefficient (Wildman–Crippen LogP) is 3.18. The first-order valence-corrected chi connectivity index (χ1v) is 5.26. The molecule has 0 N–H and O–H groups in total. The SMILES string of the molecule is CCCCC(=O)C1CCC(C)C1. The fourth-order valence-electron chi connectivity index (χ4n) is 2.05. The van der Waals surface area contributed by atoms with Crippen molar-refractivity contribution in [3.8, 4) is 0 Å². The van der Waals surface area contributed by atoms with Gasteiger partial charge in [0.15, 0.2) is 0 Å². The van der Waals surface area contributed by atoms with Gasteiger partial charge >= 0.3 is 0 Å². The van der Waals surface area contributed by atoms with E-state index in [1.165, 1.54) is 6.42 Å². The van der Waals surface area contributed by atoms with E-state index in [0.717, 1.165) is 38.0 Å². The molecule has 0 spiro atoms. The molecular formula is C11H20O. The molecule has 0 radical (unpaired) electrons. The van der Waals surface area contributed by atoms with Gasteiger partial charge in [0, 0.05) is 12.3 Å². The summed E-state index contributed by atoms with van der Waals surface area (Å²) in [6, 6.07) is 0. The van der Waals surface area contributed by atoms with E-state index in [-0.39, 0.29) is 0 Å².